The molecule has 1 fully saturated rings. The van der Waals surface area contributed by atoms with Crippen molar-refractivity contribution in [3.63, 3.8) is 0 Å². The molecule has 166 valence electrons. The number of carboxylic acids is 1. The summed E-state index contributed by atoms with van der Waals surface area (Å²) >= 11 is 2.17. The van der Waals surface area contributed by atoms with Gasteiger partial charge in [0.2, 0.25) is 11.5 Å². The van der Waals surface area contributed by atoms with Crippen LogP contribution in [0.4, 0.5) is 5.13 Å². The van der Waals surface area contributed by atoms with E-state index in [2.05, 4.69) is 24.8 Å². The lowest BCUT2D eigenvalue weighted by molar-refractivity contribution is -0.155. The molecular weight excluding hydrogens is 458 g/mol. The second-order valence-corrected chi connectivity index (χ2v) is 8.66. The number of hydrogen-bond acceptors (Lipinski definition) is 11. The zero-order chi connectivity index (χ0) is 22.8. The molecule has 2 amide bonds. The summed E-state index contributed by atoms with van der Waals surface area (Å²) < 4.78 is 3.94. The minimum Gasteiger partial charge on any atom is -0.477 e. The number of nitrogens with one attached hydrogen (secondary N) is 1. The number of nitrogens with two attached hydrogens (primary N) is 1. The lowest BCUT2D eigenvalue weighted by atomic mass is 9.86. The number of oxime groups is 1. The first-order valence-corrected chi connectivity index (χ1v) is 10.9. The molecule has 2 aromatic heterocycles. The van der Waals surface area contributed by atoms with Gasteiger partial charge in [-0.1, -0.05) is 16.9 Å². The summed E-state index contributed by atoms with van der Waals surface area (Å²) in [7, 11) is 1.26. The Hall–Kier alpha value is -3.52. The number of carbonyl (C=O) groups is 3. The van der Waals surface area contributed by atoms with E-state index < -0.39 is 29.9 Å². The number of nitrogens with zero attached hydrogens (tertiary/aromatic N) is 5. The van der Waals surface area contributed by atoms with Gasteiger partial charge in [0.25, 0.3) is 11.8 Å². The van der Waals surface area contributed by atoms with Crippen LogP contribution in [0.2, 0.25) is 0 Å². The Bertz CT molecular complexity index is 1130. The summed E-state index contributed by atoms with van der Waals surface area (Å²) in [5.74, 6) is -2.47. The van der Waals surface area contributed by atoms with E-state index in [9.17, 15) is 19.5 Å². The van der Waals surface area contributed by atoms with E-state index in [1.165, 1.54) is 23.8 Å². The molecule has 4 rings (SSSR count). The van der Waals surface area contributed by atoms with Crippen LogP contribution in [0, 0.1) is 0 Å². The first-order valence-electron chi connectivity index (χ1n) is 9.29. The third kappa shape index (κ3) is 4.01. The highest BCUT2D eigenvalue weighted by Gasteiger charge is 2.53. The van der Waals surface area contributed by atoms with Gasteiger partial charge in [0.1, 0.15) is 18.8 Å². The number of amides is 2. The quantitative estimate of drug-likeness (QED) is 0.290. The number of nitrogen functional groups attached to an aromatic ring is 1. The van der Waals surface area contributed by atoms with Crippen molar-refractivity contribution in [3.8, 4) is 0 Å². The third-order valence-electron chi connectivity index (χ3n) is 4.82. The van der Waals surface area contributed by atoms with Crippen molar-refractivity contribution in [2.45, 2.75) is 29.8 Å². The zero-order valence-electron chi connectivity index (χ0n) is 16.6. The number of aromatic nitrogens is 3. The Morgan fingerprint density at radius 1 is 1.41 bits per heavy atom. The first-order chi connectivity index (χ1) is 15.4. The summed E-state index contributed by atoms with van der Waals surface area (Å²) in [5, 5.41) is 16.2. The Morgan fingerprint density at radius 2 is 2.16 bits per heavy atom. The van der Waals surface area contributed by atoms with Crippen LogP contribution in [0.15, 0.2) is 45.2 Å². The Morgan fingerprint density at radius 3 is 2.78 bits per heavy atom. The number of allylic oxidation sites excluding steroid dienone is 1. The SMILES string of the molecule is CO/N=C(\C(=O)N[C@@H]1C(=O)N2C(C(=O)O)=C(Sc3ccncc3)CC[C@H]12)c1nsc(N)n1. The molecule has 2 aliphatic rings. The maximum atomic E-state index is 12.8. The molecule has 12 nitrogen and oxygen atoms in total. The lowest BCUT2D eigenvalue weighted by Gasteiger charge is -2.50. The molecule has 2 aliphatic heterocycles. The molecule has 0 saturated carbocycles. The van der Waals surface area contributed by atoms with E-state index >= 15 is 0 Å². The minimum atomic E-state index is -1.20. The molecule has 14 heteroatoms. The van der Waals surface area contributed by atoms with Gasteiger partial charge >= 0.3 is 5.97 Å². The second kappa shape index (κ2) is 8.92. The van der Waals surface area contributed by atoms with Crippen molar-refractivity contribution in [2.24, 2.45) is 5.16 Å². The average Bonchev–Trinajstić information content (AvgIpc) is 3.21. The van der Waals surface area contributed by atoms with Gasteiger partial charge in [-0.05, 0) is 25.0 Å². The number of aliphatic carboxylic acids is 1. The molecule has 2 aromatic rings. The lowest BCUT2D eigenvalue weighted by Crippen LogP contribution is -2.72. The number of rotatable bonds is 7. The van der Waals surface area contributed by atoms with Crippen molar-refractivity contribution in [1.82, 2.24) is 24.6 Å². The number of β-lactam (4-membered cyclic amide) rings is 1. The van der Waals surface area contributed by atoms with Crippen LogP contribution in [0.25, 0.3) is 0 Å². The van der Waals surface area contributed by atoms with E-state index in [0.717, 1.165) is 16.4 Å². The summed E-state index contributed by atoms with van der Waals surface area (Å²) in [6, 6.07) is 2.14. The molecule has 0 aliphatic carbocycles. The smallest absolute Gasteiger partial charge is 0.353 e. The number of hydrogen-bond donors (Lipinski definition) is 3. The van der Waals surface area contributed by atoms with Gasteiger partial charge in [0, 0.05) is 33.7 Å². The largest absolute Gasteiger partial charge is 0.477 e. The van der Waals surface area contributed by atoms with Crippen LogP contribution in [0.1, 0.15) is 18.7 Å². The number of pyridine rings is 1. The molecule has 1 saturated heterocycles. The van der Waals surface area contributed by atoms with Crippen LogP contribution in [-0.2, 0) is 19.2 Å². The molecule has 4 N–H and O–H groups in total. The molecule has 0 unspecified atom stereocenters. The predicted octanol–water partition coefficient (Wildman–Crippen LogP) is 0.444. The molecule has 0 spiro atoms. The zero-order valence-corrected chi connectivity index (χ0v) is 18.2. The van der Waals surface area contributed by atoms with Gasteiger partial charge in [0.05, 0.1) is 6.04 Å². The van der Waals surface area contributed by atoms with E-state index in [1.807, 2.05) is 0 Å². The highest BCUT2D eigenvalue weighted by atomic mass is 32.2. The maximum Gasteiger partial charge on any atom is 0.353 e. The monoisotopic (exact) mass is 475 g/mol. The normalized spacial score (nSPS) is 20.5. The number of anilines is 1. The topological polar surface area (TPSA) is 173 Å². The van der Waals surface area contributed by atoms with Crippen molar-refractivity contribution >= 4 is 51.9 Å². The van der Waals surface area contributed by atoms with Gasteiger partial charge in [-0.2, -0.15) is 9.36 Å². The standard InChI is InChI=1S/C18H17N7O5S2/c1-30-23-12(14-22-18(19)32-24-14)15(26)21-11-9-2-3-10(31-8-4-6-20-7-5-8)13(17(28)29)25(9)16(11)27/h4-7,9,11H,2-3H2,1H3,(H,21,26)(H,28,29)(H2,19,22,24)/b23-12-/t9-,11+/m1/s1. The Kier molecular flexibility index (Phi) is 6.05. The van der Waals surface area contributed by atoms with Gasteiger partial charge < -0.3 is 21.0 Å². The van der Waals surface area contributed by atoms with Crippen LogP contribution in [0.3, 0.4) is 0 Å². The average molecular weight is 476 g/mol. The number of carbonyl (C=O) groups excluding carboxylic acids is 2. The second-order valence-electron chi connectivity index (χ2n) is 6.71. The third-order valence-corrected chi connectivity index (χ3v) is 6.52. The molecule has 0 bridgehead atoms. The summed E-state index contributed by atoms with van der Waals surface area (Å²) in [4.78, 5) is 52.7. The Labute approximate surface area is 189 Å². The minimum absolute atomic E-state index is 0.0266. The molecule has 0 aromatic carbocycles. The number of carboxylic acid groups (broad SMARTS) is 1. The van der Waals surface area contributed by atoms with E-state index in [1.54, 1.807) is 24.5 Å². The van der Waals surface area contributed by atoms with E-state index in [0.29, 0.717) is 17.7 Å². The summed E-state index contributed by atoms with van der Waals surface area (Å²) in [5.41, 5.74) is 5.26. The first kappa shape index (κ1) is 21.7. The van der Waals surface area contributed by atoms with E-state index in [-0.39, 0.29) is 22.4 Å². The van der Waals surface area contributed by atoms with Gasteiger partial charge in [-0.25, -0.2) is 4.79 Å². The van der Waals surface area contributed by atoms with Crippen molar-refractivity contribution < 1.29 is 24.3 Å². The maximum absolute atomic E-state index is 12.8. The van der Waals surface area contributed by atoms with Gasteiger partial charge in [0.15, 0.2) is 5.13 Å². The van der Waals surface area contributed by atoms with Crippen molar-refractivity contribution in [3.05, 3.63) is 41.0 Å². The Balaban J connectivity index is 1.53. The van der Waals surface area contributed by atoms with Crippen LogP contribution in [-0.4, -0.2) is 67.0 Å². The fraction of sp³-hybridized carbons (Fsp3) is 0.278. The van der Waals surface area contributed by atoms with Crippen molar-refractivity contribution in [1.29, 1.82) is 0 Å². The molecule has 2 atom stereocenters. The van der Waals surface area contributed by atoms with E-state index in [4.69, 9.17) is 10.6 Å². The fourth-order valence-corrected chi connectivity index (χ4v) is 4.97. The van der Waals surface area contributed by atoms with Gasteiger partial charge in [-0.15, -0.1) is 0 Å². The molecule has 32 heavy (non-hydrogen) atoms. The van der Waals surface area contributed by atoms with Crippen LogP contribution in [0.5, 0.6) is 0 Å². The van der Waals surface area contributed by atoms with Crippen molar-refractivity contribution in [2.75, 3.05) is 12.8 Å². The number of fused-ring (bicyclic) bond motifs is 1. The number of thioether (sulfide) groups is 1. The molecular formula is C18H17N7O5S2. The van der Waals surface area contributed by atoms with Crippen LogP contribution < -0.4 is 11.1 Å². The van der Waals surface area contributed by atoms with Crippen LogP contribution >= 0.6 is 23.3 Å². The summed E-state index contributed by atoms with van der Waals surface area (Å²) in [6.45, 7) is 0. The highest BCUT2D eigenvalue weighted by Crippen LogP contribution is 2.43. The predicted molar refractivity (Wildman–Crippen MR) is 114 cm³/mol. The summed E-state index contributed by atoms with van der Waals surface area (Å²) in [6.07, 6.45) is 4.15. The molecule has 0 radical (unpaired) electrons. The van der Waals surface area contributed by atoms with Gasteiger partial charge in [-0.3, -0.25) is 19.5 Å². The fourth-order valence-electron chi connectivity index (χ4n) is 3.49. The highest BCUT2D eigenvalue weighted by molar-refractivity contribution is 8.03. The molecule has 4 heterocycles.